The van der Waals surface area contributed by atoms with Crippen LogP contribution in [0.5, 0.6) is 0 Å². The molecular formula is C18H24N6O4. The molecule has 1 unspecified atom stereocenters. The van der Waals surface area contributed by atoms with Crippen molar-refractivity contribution in [3.8, 4) is 0 Å². The number of aromatic nitrogens is 3. The number of amides is 3. The summed E-state index contributed by atoms with van der Waals surface area (Å²) in [5.74, 6) is -1.29. The highest BCUT2D eigenvalue weighted by molar-refractivity contribution is 6.00. The lowest BCUT2D eigenvalue weighted by molar-refractivity contribution is -0.127. The second kappa shape index (κ2) is 7.83. The summed E-state index contributed by atoms with van der Waals surface area (Å²) in [6, 6.07) is 1.70. The van der Waals surface area contributed by atoms with E-state index < -0.39 is 23.5 Å². The molecule has 1 atom stereocenters. The summed E-state index contributed by atoms with van der Waals surface area (Å²) in [5, 5.41) is 4.04. The van der Waals surface area contributed by atoms with E-state index in [2.05, 4.69) is 20.9 Å². The molecule has 1 saturated heterocycles. The van der Waals surface area contributed by atoms with Crippen LogP contribution in [-0.4, -0.2) is 56.1 Å². The van der Waals surface area contributed by atoms with Crippen LogP contribution < -0.4 is 10.9 Å². The van der Waals surface area contributed by atoms with Crippen molar-refractivity contribution in [1.82, 2.24) is 30.3 Å². The molecule has 3 heterocycles. The van der Waals surface area contributed by atoms with Gasteiger partial charge in [0.2, 0.25) is 5.91 Å². The Hall–Kier alpha value is -3.17. The minimum atomic E-state index is -0.595. The largest absolute Gasteiger partial charge is 0.444 e. The van der Waals surface area contributed by atoms with Crippen LogP contribution in [0.3, 0.4) is 0 Å². The van der Waals surface area contributed by atoms with Crippen molar-refractivity contribution in [3.05, 3.63) is 30.2 Å². The lowest BCUT2D eigenvalue weighted by atomic mass is 9.98. The molecule has 1 fully saturated rings. The number of likely N-dealkylation sites (tertiary alicyclic amines) is 1. The number of rotatable bonds is 2. The Labute approximate surface area is 162 Å². The average Bonchev–Trinajstić information content (AvgIpc) is 3.09. The Morgan fingerprint density at radius 2 is 2.04 bits per heavy atom. The molecule has 2 aromatic heterocycles. The molecule has 1 aliphatic rings. The number of piperidine rings is 1. The van der Waals surface area contributed by atoms with Gasteiger partial charge in [0.1, 0.15) is 11.2 Å². The Balaban J connectivity index is 1.55. The predicted molar refractivity (Wildman–Crippen MR) is 99.1 cm³/mol. The highest BCUT2D eigenvalue weighted by Crippen LogP contribution is 2.19. The first-order valence-corrected chi connectivity index (χ1v) is 9.11. The third-order valence-electron chi connectivity index (χ3n) is 4.27. The topological polar surface area (TPSA) is 118 Å². The number of carbonyl (C=O) groups is 3. The maximum Gasteiger partial charge on any atom is 0.410 e. The zero-order valence-corrected chi connectivity index (χ0v) is 16.1. The molecule has 150 valence electrons. The number of fused-ring (bicyclic) bond motifs is 1. The van der Waals surface area contributed by atoms with Gasteiger partial charge in [-0.3, -0.25) is 20.4 Å². The van der Waals surface area contributed by atoms with Crippen LogP contribution in [0.2, 0.25) is 0 Å². The van der Waals surface area contributed by atoms with Gasteiger partial charge in [-0.2, -0.15) is 5.10 Å². The summed E-state index contributed by atoms with van der Waals surface area (Å²) in [4.78, 5) is 42.6. The van der Waals surface area contributed by atoms with Crippen molar-refractivity contribution >= 4 is 23.6 Å². The van der Waals surface area contributed by atoms with Gasteiger partial charge in [0.05, 0.1) is 12.1 Å². The molecule has 0 aromatic carbocycles. The highest BCUT2D eigenvalue weighted by Gasteiger charge is 2.31. The minimum Gasteiger partial charge on any atom is -0.444 e. The zero-order valence-electron chi connectivity index (χ0n) is 16.1. The smallest absolute Gasteiger partial charge is 0.410 e. The number of carbonyl (C=O) groups excluding carboxylic acids is 3. The Kier molecular flexibility index (Phi) is 5.48. The number of hydrogen-bond acceptors (Lipinski definition) is 6. The summed E-state index contributed by atoms with van der Waals surface area (Å²) in [6.07, 6.45) is 5.48. The van der Waals surface area contributed by atoms with Crippen LogP contribution in [0.15, 0.2) is 24.7 Å². The number of nitrogens with one attached hydrogen (secondary N) is 2. The van der Waals surface area contributed by atoms with E-state index in [1.165, 1.54) is 15.6 Å². The first-order chi connectivity index (χ1) is 13.2. The van der Waals surface area contributed by atoms with E-state index in [1.54, 1.807) is 39.2 Å². The fraction of sp³-hybridized carbons (Fsp3) is 0.500. The van der Waals surface area contributed by atoms with Crippen molar-refractivity contribution in [1.29, 1.82) is 0 Å². The molecule has 10 heteroatoms. The molecule has 10 nitrogen and oxygen atoms in total. The summed E-state index contributed by atoms with van der Waals surface area (Å²) in [6.45, 7) is 6.17. The Morgan fingerprint density at radius 3 is 2.79 bits per heavy atom. The Morgan fingerprint density at radius 1 is 1.25 bits per heavy atom. The van der Waals surface area contributed by atoms with Crippen LogP contribution in [-0.2, 0) is 9.53 Å². The van der Waals surface area contributed by atoms with Crippen LogP contribution in [0, 0.1) is 5.92 Å². The fourth-order valence-electron chi connectivity index (χ4n) is 2.96. The first kappa shape index (κ1) is 19.6. The van der Waals surface area contributed by atoms with Crippen molar-refractivity contribution in [3.63, 3.8) is 0 Å². The van der Waals surface area contributed by atoms with Gasteiger partial charge in [0.15, 0.2) is 5.65 Å². The van der Waals surface area contributed by atoms with E-state index in [9.17, 15) is 14.4 Å². The van der Waals surface area contributed by atoms with Crippen molar-refractivity contribution in [2.75, 3.05) is 13.1 Å². The molecule has 0 radical (unpaired) electrons. The van der Waals surface area contributed by atoms with Crippen molar-refractivity contribution in [2.24, 2.45) is 5.92 Å². The van der Waals surface area contributed by atoms with E-state index in [1.807, 2.05) is 0 Å². The summed E-state index contributed by atoms with van der Waals surface area (Å²) >= 11 is 0. The molecule has 0 aliphatic carbocycles. The van der Waals surface area contributed by atoms with E-state index in [0.29, 0.717) is 25.0 Å². The second-order valence-electron chi connectivity index (χ2n) is 7.65. The normalized spacial score (nSPS) is 17.2. The standard InChI is InChI=1S/C18H24N6O4/c1-18(2,3)28-17(27)23-8-4-6-12(11-23)15(25)21-22-16(26)13-10-20-24-9-5-7-19-14(13)24/h5,7,9-10,12H,4,6,8,11H2,1-3H3,(H,21,25)(H,22,26). The van der Waals surface area contributed by atoms with E-state index in [0.717, 1.165) is 0 Å². The van der Waals surface area contributed by atoms with Crippen LogP contribution in [0.25, 0.3) is 5.65 Å². The lowest BCUT2D eigenvalue weighted by Gasteiger charge is -2.33. The van der Waals surface area contributed by atoms with Crippen LogP contribution >= 0.6 is 0 Å². The quantitative estimate of drug-likeness (QED) is 0.745. The second-order valence-corrected chi connectivity index (χ2v) is 7.65. The number of hydrazine groups is 1. The molecule has 0 spiro atoms. The molecule has 3 rings (SSSR count). The number of ether oxygens (including phenoxy) is 1. The first-order valence-electron chi connectivity index (χ1n) is 9.11. The van der Waals surface area contributed by atoms with E-state index >= 15 is 0 Å². The van der Waals surface area contributed by atoms with Gasteiger partial charge >= 0.3 is 6.09 Å². The summed E-state index contributed by atoms with van der Waals surface area (Å²) in [7, 11) is 0. The Bertz CT molecular complexity index is 888. The fourth-order valence-corrected chi connectivity index (χ4v) is 2.96. The monoisotopic (exact) mass is 388 g/mol. The molecule has 3 amide bonds. The van der Waals surface area contributed by atoms with Gasteiger partial charge in [0.25, 0.3) is 5.91 Å². The van der Waals surface area contributed by atoms with Gasteiger partial charge in [-0.15, -0.1) is 0 Å². The van der Waals surface area contributed by atoms with Crippen LogP contribution in [0.4, 0.5) is 4.79 Å². The molecule has 1 aliphatic heterocycles. The molecule has 2 aromatic rings. The maximum atomic E-state index is 12.4. The van der Waals surface area contributed by atoms with Gasteiger partial charge in [-0.05, 0) is 39.7 Å². The predicted octanol–water partition coefficient (Wildman–Crippen LogP) is 1.14. The third kappa shape index (κ3) is 4.56. The molecular weight excluding hydrogens is 364 g/mol. The van der Waals surface area contributed by atoms with E-state index in [4.69, 9.17) is 4.74 Å². The molecule has 0 saturated carbocycles. The van der Waals surface area contributed by atoms with Gasteiger partial charge < -0.3 is 9.64 Å². The van der Waals surface area contributed by atoms with Crippen LogP contribution in [0.1, 0.15) is 44.0 Å². The molecule has 0 bridgehead atoms. The SMILES string of the molecule is CC(C)(C)OC(=O)N1CCCC(C(=O)NNC(=O)c2cnn3cccnc23)C1. The van der Waals surface area contributed by atoms with Gasteiger partial charge in [0, 0.05) is 25.5 Å². The number of nitrogens with zero attached hydrogens (tertiary/aromatic N) is 4. The van der Waals surface area contributed by atoms with Gasteiger partial charge in [-0.25, -0.2) is 14.3 Å². The molecule has 28 heavy (non-hydrogen) atoms. The zero-order chi connectivity index (χ0) is 20.3. The van der Waals surface area contributed by atoms with Crippen molar-refractivity contribution < 1.29 is 19.1 Å². The number of hydrogen-bond donors (Lipinski definition) is 2. The summed E-state index contributed by atoms with van der Waals surface area (Å²) < 4.78 is 6.83. The minimum absolute atomic E-state index is 0.245. The highest BCUT2D eigenvalue weighted by atomic mass is 16.6. The lowest BCUT2D eigenvalue weighted by Crippen LogP contribution is -2.50. The maximum absolute atomic E-state index is 12.4. The third-order valence-corrected chi connectivity index (χ3v) is 4.27. The van der Waals surface area contributed by atoms with Gasteiger partial charge in [-0.1, -0.05) is 0 Å². The van der Waals surface area contributed by atoms with Crippen molar-refractivity contribution in [2.45, 2.75) is 39.2 Å². The summed E-state index contributed by atoms with van der Waals surface area (Å²) in [5.41, 5.74) is 4.87. The van der Waals surface area contributed by atoms with E-state index in [-0.39, 0.29) is 18.0 Å². The average molecular weight is 388 g/mol. The molecule has 2 N–H and O–H groups in total.